The van der Waals surface area contributed by atoms with Crippen molar-refractivity contribution in [1.82, 2.24) is 10.3 Å². The average Bonchev–Trinajstić information content (AvgIpc) is 3.21. The Morgan fingerprint density at radius 3 is 2.73 bits per heavy atom. The van der Waals surface area contributed by atoms with Crippen LogP contribution in [0, 0.1) is 0 Å². The highest BCUT2D eigenvalue weighted by Crippen LogP contribution is 2.24. The van der Waals surface area contributed by atoms with Gasteiger partial charge in [0, 0.05) is 10.3 Å². The molecule has 3 rings (SSSR count). The number of carbonyl (C=O) groups is 2. The van der Waals surface area contributed by atoms with E-state index >= 15 is 0 Å². The smallest absolute Gasteiger partial charge is 0.307 e. The van der Waals surface area contributed by atoms with Crippen molar-refractivity contribution in [2.45, 2.75) is 12.5 Å². The first-order valence-corrected chi connectivity index (χ1v) is 8.84. The van der Waals surface area contributed by atoms with Crippen LogP contribution >= 0.6 is 11.3 Å². The van der Waals surface area contributed by atoms with Gasteiger partial charge in [-0.05, 0) is 35.7 Å². The van der Waals surface area contributed by atoms with Gasteiger partial charge in [-0.1, -0.05) is 12.1 Å². The lowest BCUT2D eigenvalue weighted by Crippen LogP contribution is -2.30. The molecule has 6 nitrogen and oxygen atoms in total. The zero-order valence-electron chi connectivity index (χ0n) is 14.4. The molecule has 1 N–H and O–H groups in total. The van der Waals surface area contributed by atoms with Crippen LogP contribution in [-0.2, 0) is 9.53 Å². The first-order chi connectivity index (χ1) is 12.6. The molecule has 0 saturated carbocycles. The van der Waals surface area contributed by atoms with E-state index in [0.717, 1.165) is 16.0 Å². The van der Waals surface area contributed by atoms with Crippen LogP contribution in [-0.4, -0.2) is 31.1 Å². The summed E-state index contributed by atoms with van der Waals surface area (Å²) in [4.78, 5) is 29.6. The molecule has 1 atom stereocenters. The third-order valence-electron chi connectivity index (χ3n) is 3.92. The van der Waals surface area contributed by atoms with E-state index in [9.17, 15) is 9.59 Å². The second-order valence-electron chi connectivity index (χ2n) is 5.58. The second kappa shape index (κ2) is 7.97. The first-order valence-electron chi connectivity index (χ1n) is 7.96. The number of hydrogen-bond acceptors (Lipinski definition) is 6. The Kier molecular flexibility index (Phi) is 5.48. The third-order valence-corrected chi connectivity index (χ3v) is 4.91. The van der Waals surface area contributed by atoms with Crippen molar-refractivity contribution in [1.29, 1.82) is 0 Å². The quantitative estimate of drug-likeness (QED) is 0.674. The largest absolute Gasteiger partial charge is 0.497 e. The monoisotopic (exact) mass is 370 g/mol. The molecule has 26 heavy (non-hydrogen) atoms. The number of rotatable bonds is 6. The molecule has 0 aliphatic carbocycles. The van der Waals surface area contributed by atoms with Gasteiger partial charge in [0.15, 0.2) is 0 Å². The predicted molar refractivity (Wildman–Crippen MR) is 99.5 cm³/mol. The molecule has 0 spiro atoms. The van der Waals surface area contributed by atoms with Crippen LogP contribution in [0.15, 0.2) is 47.8 Å². The maximum Gasteiger partial charge on any atom is 0.307 e. The summed E-state index contributed by atoms with van der Waals surface area (Å²) in [5, 5.41) is 5.65. The van der Waals surface area contributed by atoms with Gasteiger partial charge >= 0.3 is 5.97 Å². The minimum absolute atomic E-state index is 0.0630. The molecule has 0 aliphatic rings. The average molecular weight is 370 g/mol. The van der Waals surface area contributed by atoms with Gasteiger partial charge in [-0.2, -0.15) is 0 Å². The molecule has 1 unspecified atom stereocenters. The molecule has 0 bridgehead atoms. The van der Waals surface area contributed by atoms with Crippen molar-refractivity contribution >= 4 is 34.1 Å². The summed E-state index contributed by atoms with van der Waals surface area (Å²) < 4.78 is 9.92. The number of pyridine rings is 1. The summed E-state index contributed by atoms with van der Waals surface area (Å²) in [6.45, 7) is 0. The van der Waals surface area contributed by atoms with Crippen LogP contribution in [0.25, 0.3) is 10.9 Å². The maximum atomic E-state index is 12.6. The summed E-state index contributed by atoms with van der Waals surface area (Å²) >= 11 is 1.47. The Hall–Kier alpha value is -2.93. The molecule has 7 heteroatoms. The lowest BCUT2D eigenvalue weighted by molar-refractivity contribution is -0.141. The zero-order valence-corrected chi connectivity index (χ0v) is 15.2. The molecule has 2 heterocycles. The van der Waals surface area contributed by atoms with Crippen molar-refractivity contribution in [2.24, 2.45) is 0 Å². The fraction of sp³-hybridized carbons (Fsp3) is 0.211. The Labute approximate surface area is 154 Å². The summed E-state index contributed by atoms with van der Waals surface area (Å²) in [5.74, 6) is -0.000347. The van der Waals surface area contributed by atoms with E-state index in [1.54, 1.807) is 25.3 Å². The molecule has 0 radical (unpaired) electrons. The number of benzene rings is 1. The standard InChI is InChI=1S/C19H18N2O4S/c1-24-13-6-8-14-12(10-13)5-7-15(20-14)19(23)21-16(11-18(22)25-2)17-4-3-9-26-17/h3-10,16H,11H2,1-2H3,(H,21,23). The van der Waals surface area contributed by atoms with E-state index in [-0.39, 0.29) is 24.0 Å². The molecular weight excluding hydrogens is 352 g/mol. The lowest BCUT2D eigenvalue weighted by atomic mass is 10.1. The highest BCUT2D eigenvalue weighted by Gasteiger charge is 2.21. The van der Waals surface area contributed by atoms with Crippen LogP contribution in [0.2, 0.25) is 0 Å². The highest BCUT2D eigenvalue weighted by atomic mass is 32.1. The number of fused-ring (bicyclic) bond motifs is 1. The molecule has 0 aliphatic heterocycles. The summed E-state index contributed by atoms with van der Waals surface area (Å²) in [5.41, 5.74) is 0.980. The van der Waals surface area contributed by atoms with Crippen molar-refractivity contribution < 1.29 is 19.1 Å². The van der Waals surface area contributed by atoms with Gasteiger partial charge in [0.1, 0.15) is 11.4 Å². The van der Waals surface area contributed by atoms with Gasteiger partial charge in [-0.25, -0.2) is 4.98 Å². The fourth-order valence-electron chi connectivity index (χ4n) is 2.55. The third kappa shape index (κ3) is 4.00. The van der Waals surface area contributed by atoms with Gasteiger partial charge in [-0.3, -0.25) is 9.59 Å². The van der Waals surface area contributed by atoms with Crippen LogP contribution in [0.1, 0.15) is 27.8 Å². The maximum absolute atomic E-state index is 12.6. The lowest BCUT2D eigenvalue weighted by Gasteiger charge is -2.16. The van der Waals surface area contributed by atoms with E-state index in [1.165, 1.54) is 18.4 Å². The van der Waals surface area contributed by atoms with Crippen LogP contribution in [0.4, 0.5) is 0 Å². The van der Waals surface area contributed by atoms with Gasteiger partial charge < -0.3 is 14.8 Å². The summed E-state index contributed by atoms with van der Waals surface area (Å²) in [7, 11) is 2.93. The molecular formula is C19H18N2O4S. The van der Waals surface area contributed by atoms with Crippen LogP contribution in [0.3, 0.4) is 0 Å². The molecule has 134 valence electrons. The Morgan fingerprint density at radius 1 is 1.19 bits per heavy atom. The SMILES string of the molecule is COC(=O)CC(NC(=O)c1ccc2cc(OC)ccc2n1)c1cccs1. The van der Waals surface area contributed by atoms with Crippen molar-refractivity contribution in [2.75, 3.05) is 14.2 Å². The number of thiophene rings is 1. The summed E-state index contributed by atoms with van der Waals surface area (Å²) in [6, 6.07) is 12.2. The zero-order chi connectivity index (χ0) is 18.5. The van der Waals surface area contributed by atoms with Gasteiger partial charge in [-0.15, -0.1) is 11.3 Å². The molecule has 0 saturated heterocycles. The van der Waals surface area contributed by atoms with Gasteiger partial charge in [0.25, 0.3) is 5.91 Å². The molecule has 0 fully saturated rings. The Balaban J connectivity index is 1.82. The summed E-state index contributed by atoms with van der Waals surface area (Å²) in [6.07, 6.45) is 0.0630. The van der Waals surface area contributed by atoms with Gasteiger partial charge in [0.2, 0.25) is 0 Å². The highest BCUT2D eigenvalue weighted by molar-refractivity contribution is 7.10. The van der Waals surface area contributed by atoms with E-state index in [0.29, 0.717) is 5.52 Å². The number of nitrogens with one attached hydrogen (secondary N) is 1. The van der Waals surface area contributed by atoms with Crippen molar-refractivity contribution in [3.8, 4) is 5.75 Å². The van der Waals surface area contributed by atoms with Crippen molar-refractivity contribution in [3.63, 3.8) is 0 Å². The number of amides is 1. The van der Waals surface area contributed by atoms with E-state index in [1.807, 2.05) is 29.6 Å². The van der Waals surface area contributed by atoms with E-state index < -0.39 is 6.04 Å². The first kappa shape index (κ1) is 17.9. The minimum Gasteiger partial charge on any atom is -0.497 e. The van der Waals surface area contributed by atoms with E-state index in [2.05, 4.69) is 10.3 Å². The number of ether oxygens (including phenoxy) is 2. The fourth-order valence-corrected chi connectivity index (χ4v) is 3.33. The topological polar surface area (TPSA) is 77.5 Å². The Bertz CT molecular complexity index is 924. The normalized spacial score (nSPS) is 11.8. The van der Waals surface area contributed by atoms with Gasteiger partial charge in [0.05, 0.1) is 32.2 Å². The van der Waals surface area contributed by atoms with Crippen LogP contribution in [0.5, 0.6) is 5.75 Å². The van der Waals surface area contributed by atoms with Crippen LogP contribution < -0.4 is 10.1 Å². The number of hydrogen-bond donors (Lipinski definition) is 1. The molecule has 2 aromatic heterocycles. The van der Waals surface area contributed by atoms with Crippen molar-refractivity contribution in [3.05, 3.63) is 58.4 Å². The second-order valence-corrected chi connectivity index (χ2v) is 6.56. The Morgan fingerprint density at radius 2 is 2.04 bits per heavy atom. The number of methoxy groups -OCH3 is 2. The number of esters is 1. The molecule has 1 amide bonds. The predicted octanol–water partition coefficient (Wildman–Crippen LogP) is 3.34. The number of nitrogens with zero attached hydrogens (tertiary/aromatic N) is 1. The van der Waals surface area contributed by atoms with E-state index in [4.69, 9.17) is 9.47 Å². The molecule has 3 aromatic rings. The number of carbonyl (C=O) groups excluding carboxylic acids is 2. The molecule has 1 aromatic carbocycles. The number of aromatic nitrogens is 1. The minimum atomic E-state index is -0.455.